The minimum absolute atomic E-state index is 0.0831. The zero-order valence-corrected chi connectivity index (χ0v) is 16.6. The van der Waals surface area contributed by atoms with Crippen molar-refractivity contribution in [3.05, 3.63) is 69.8 Å². The SMILES string of the molecule is COc1ccc(CS[C@H]2C[C@@H](CN)N(OCc3ccc([N+](=O)[O-])cc3)C2)cc1. The molecule has 0 saturated carbocycles. The Labute approximate surface area is 168 Å². The van der Waals surface area contributed by atoms with Crippen molar-refractivity contribution >= 4 is 17.4 Å². The Morgan fingerprint density at radius 1 is 1.18 bits per heavy atom. The van der Waals surface area contributed by atoms with Crippen LogP contribution >= 0.6 is 11.8 Å². The molecule has 0 spiro atoms. The topological polar surface area (TPSA) is 90.9 Å². The van der Waals surface area contributed by atoms with Crippen molar-refractivity contribution in [3.63, 3.8) is 0 Å². The Bertz CT molecular complexity index is 770. The number of thioether (sulfide) groups is 1. The van der Waals surface area contributed by atoms with Gasteiger partial charge in [0.1, 0.15) is 5.75 Å². The van der Waals surface area contributed by atoms with E-state index in [0.29, 0.717) is 18.4 Å². The van der Waals surface area contributed by atoms with Gasteiger partial charge in [0, 0.05) is 42.3 Å². The smallest absolute Gasteiger partial charge is 0.269 e. The second-order valence-corrected chi connectivity index (χ2v) is 7.99. The molecule has 0 aromatic heterocycles. The van der Waals surface area contributed by atoms with Crippen LogP contribution in [0.1, 0.15) is 17.5 Å². The van der Waals surface area contributed by atoms with Crippen molar-refractivity contribution in [1.29, 1.82) is 0 Å². The van der Waals surface area contributed by atoms with Gasteiger partial charge in [-0.3, -0.25) is 15.0 Å². The van der Waals surface area contributed by atoms with Crippen LogP contribution in [0.5, 0.6) is 5.75 Å². The Balaban J connectivity index is 1.49. The highest BCUT2D eigenvalue weighted by molar-refractivity contribution is 7.99. The third-order valence-electron chi connectivity index (χ3n) is 4.79. The summed E-state index contributed by atoms with van der Waals surface area (Å²) in [5, 5.41) is 13.2. The van der Waals surface area contributed by atoms with Crippen molar-refractivity contribution in [2.24, 2.45) is 5.73 Å². The van der Waals surface area contributed by atoms with E-state index >= 15 is 0 Å². The maximum absolute atomic E-state index is 10.7. The Morgan fingerprint density at radius 2 is 1.86 bits per heavy atom. The number of rotatable bonds is 9. The number of nitro benzene ring substituents is 1. The third-order valence-corrected chi connectivity index (χ3v) is 6.10. The van der Waals surface area contributed by atoms with E-state index < -0.39 is 4.92 Å². The number of nitrogens with two attached hydrogens (primary N) is 1. The van der Waals surface area contributed by atoms with E-state index in [-0.39, 0.29) is 11.7 Å². The molecule has 2 N–H and O–H groups in total. The number of hydrogen-bond donors (Lipinski definition) is 1. The predicted octanol–water partition coefficient (Wildman–Crippen LogP) is 3.37. The summed E-state index contributed by atoms with van der Waals surface area (Å²) in [4.78, 5) is 16.3. The van der Waals surface area contributed by atoms with Crippen molar-refractivity contribution in [1.82, 2.24) is 5.06 Å². The van der Waals surface area contributed by atoms with E-state index in [4.69, 9.17) is 15.3 Å². The van der Waals surface area contributed by atoms with E-state index in [2.05, 4.69) is 12.1 Å². The molecular weight excluding hydrogens is 378 g/mol. The third kappa shape index (κ3) is 5.45. The lowest BCUT2D eigenvalue weighted by molar-refractivity contribution is -0.384. The molecule has 0 amide bonds. The minimum Gasteiger partial charge on any atom is -0.497 e. The predicted molar refractivity (Wildman–Crippen MR) is 110 cm³/mol. The first-order valence-corrected chi connectivity index (χ1v) is 10.2. The summed E-state index contributed by atoms with van der Waals surface area (Å²) in [7, 11) is 1.67. The fourth-order valence-corrected chi connectivity index (χ4v) is 4.38. The molecular formula is C20H25N3O4S. The van der Waals surface area contributed by atoms with Gasteiger partial charge in [-0.05, 0) is 41.8 Å². The normalized spacial score (nSPS) is 19.6. The fourth-order valence-electron chi connectivity index (χ4n) is 3.15. The lowest BCUT2D eigenvalue weighted by atomic mass is 10.2. The number of nitrogens with zero attached hydrogens (tertiary/aromatic N) is 2. The molecule has 1 aliphatic heterocycles. The lowest BCUT2D eigenvalue weighted by Gasteiger charge is -2.22. The highest BCUT2D eigenvalue weighted by atomic mass is 32.2. The highest BCUT2D eigenvalue weighted by Gasteiger charge is 2.32. The monoisotopic (exact) mass is 403 g/mol. The summed E-state index contributed by atoms with van der Waals surface area (Å²) in [6.07, 6.45) is 0.984. The van der Waals surface area contributed by atoms with Crippen molar-refractivity contribution in [2.75, 3.05) is 20.2 Å². The minimum atomic E-state index is -0.403. The molecule has 1 saturated heterocycles. The maximum atomic E-state index is 10.7. The van der Waals surface area contributed by atoms with E-state index in [0.717, 1.165) is 30.0 Å². The van der Waals surface area contributed by atoms with Crippen molar-refractivity contribution in [2.45, 2.75) is 30.1 Å². The first-order chi connectivity index (χ1) is 13.6. The van der Waals surface area contributed by atoms with Gasteiger partial charge in [0.05, 0.1) is 18.6 Å². The molecule has 1 heterocycles. The van der Waals surface area contributed by atoms with Crippen LogP contribution in [0, 0.1) is 10.1 Å². The van der Waals surface area contributed by atoms with Crippen LogP contribution in [0.3, 0.4) is 0 Å². The molecule has 7 nitrogen and oxygen atoms in total. The van der Waals surface area contributed by atoms with E-state index in [9.17, 15) is 10.1 Å². The summed E-state index contributed by atoms with van der Waals surface area (Å²) >= 11 is 1.91. The Morgan fingerprint density at radius 3 is 2.46 bits per heavy atom. The maximum Gasteiger partial charge on any atom is 0.269 e. The number of hydrogen-bond acceptors (Lipinski definition) is 7. The van der Waals surface area contributed by atoms with Gasteiger partial charge in [0.2, 0.25) is 0 Å². The first kappa shape index (κ1) is 20.6. The number of benzene rings is 2. The van der Waals surface area contributed by atoms with Crippen LogP contribution in [-0.2, 0) is 17.2 Å². The second kappa shape index (κ2) is 9.88. The Hall–Kier alpha value is -2.13. The molecule has 1 aliphatic rings. The molecule has 150 valence electrons. The zero-order chi connectivity index (χ0) is 19.9. The molecule has 28 heavy (non-hydrogen) atoms. The number of nitro groups is 1. The zero-order valence-electron chi connectivity index (χ0n) is 15.8. The van der Waals surface area contributed by atoms with E-state index in [1.807, 2.05) is 29.0 Å². The Kier molecular flexibility index (Phi) is 7.27. The van der Waals surface area contributed by atoms with E-state index in [1.165, 1.54) is 17.7 Å². The average Bonchev–Trinajstić information content (AvgIpc) is 3.13. The van der Waals surface area contributed by atoms with Gasteiger partial charge in [-0.2, -0.15) is 16.8 Å². The van der Waals surface area contributed by atoms with Gasteiger partial charge in [-0.25, -0.2) is 0 Å². The van der Waals surface area contributed by atoms with E-state index in [1.54, 1.807) is 19.2 Å². The van der Waals surface area contributed by atoms with Crippen LogP contribution in [0.2, 0.25) is 0 Å². The van der Waals surface area contributed by atoms with Crippen LogP contribution in [0.15, 0.2) is 48.5 Å². The summed E-state index contributed by atoms with van der Waals surface area (Å²) < 4.78 is 5.19. The van der Waals surface area contributed by atoms with Gasteiger partial charge in [0.15, 0.2) is 0 Å². The summed E-state index contributed by atoms with van der Waals surface area (Å²) in [5.74, 6) is 1.80. The molecule has 1 fully saturated rings. The summed E-state index contributed by atoms with van der Waals surface area (Å²) in [6, 6.07) is 14.8. The number of ether oxygens (including phenoxy) is 1. The molecule has 0 unspecified atom stereocenters. The second-order valence-electron chi connectivity index (χ2n) is 6.70. The van der Waals surface area contributed by atoms with Gasteiger partial charge >= 0.3 is 0 Å². The largest absolute Gasteiger partial charge is 0.497 e. The van der Waals surface area contributed by atoms with Gasteiger partial charge < -0.3 is 10.5 Å². The molecule has 2 aromatic rings. The van der Waals surface area contributed by atoms with Crippen LogP contribution in [0.4, 0.5) is 5.69 Å². The fraction of sp³-hybridized carbons (Fsp3) is 0.400. The van der Waals surface area contributed by atoms with Crippen molar-refractivity contribution < 1.29 is 14.5 Å². The molecule has 0 radical (unpaired) electrons. The molecule has 0 aliphatic carbocycles. The van der Waals surface area contributed by atoms with Gasteiger partial charge in [0.25, 0.3) is 5.69 Å². The molecule has 3 rings (SSSR count). The summed E-state index contributed by atoms with van der Waals surface area (Å²) in [5.41, 5.74) is 8.17. The van der Waals surface area contributed by atoms with Crippen LogP contribution in [-0.4, -0.2) is 41.5 Å². The number of methoxy groups -OCH3 is 1. The van der Waals surface area contributed by atoms with Crippen LogP contribution < -0.4 is 10.5 Å². The van der Waals surface area contributed by atoms with Crippen LogP contribution in [0.25, 0.3) is 0 Å². The molecule has 0 bridgehead atoms. The highest BCUT2D eigenvalue weighted by Crippen LogP contribution is 2.30. The molecule has 8 heteroatoms. The van der Waals surface area contributed by atoms with Crippen molar-refractivity contribution in [3.8, 4) is 5.75 Å². The number of hydroxylamine groups is 2. The average molecular weight is 404 g/mol. The molecule has 2 aromatic carbocycles. The first-order valence-electron chi connectivity index (χ1n) is 9.16. The lowest BCUT2D eigenvalue weighted by Crippen LogP contribution is -2.35. The standard InChI is InChI=1S/C20H25N3O4S/c1-26-19-8-4-16(5-9-19)14-28-20-10-18(11-21)22(12-20)27-13-15-2-6-17(7-3-15)23(24)25/h2-9,18,20H,10-14,21H2,1H3/t18-,20-/m0/s1. The quantitative estimate of drug-likeness (QED) is 0.507. The molecule has 2 atom stereocenters. The van der Waals surface area contributed by atoms with Gasteiger partial charge in [-0.1, -0.05) is 12.1 Å². The summed E-state index contributed by atoms with van der Waals surface area (Å²) in [6.45, 7) is 1.74. The van der Waals surface area contributed by atoms with Gasteiger partial charge in [-0.15, -0.1) is 0 Å². The number of non-ortho nitro benzene ring substituents is 1.